The first-order chi connectivity index (χ1) is 5.54. The first-order valence-electron chi connectivity index (χ1n) is 4.34. The van der Waals surface area contributed by atoms with Crippen LogP contribution in [0.25, 0.3) is 0 Å². The van der Waals surface area contributed by atoms with Gasteiger partial charge in [0.1, 0.15) is 0 Å². The Morgan fingerprint density at radius 2 is 2.00 bits per heavy atom. The molecule has 0 saturated carbocycles. The van der Waals surface area contributed by atoms with E-state index in [0.29, 0.717) is 13.2 Å². The van der Waals surface area contributed by atoms with Gasteiger partial charge in [0, 0.05) is 0 Å². The van der Waals surface area contributed by atoms with Crippen molar-refractivity contribution in [3.63, 3.8) is 0 Å². The Labute approximate surface area is 74.7 Å². The van der Waals surface area contributed by atoms with Gasteiger partial charge in [-0.3, -0.25) is 0 Å². The average molecular weight is 193 g/mol. The summed E-state index contributed by atoms with van der Waals surface area (Å²) in [6.07, 6.45) is 3.10. The van der Waals surface area contributed by atoms with Crippen molar-refractivity contribution >= 4 is 7.94 Å². The van der Waals surface area contributed by atoms with Gasteiger partial charge in [-0.2, -0.15) is 0 Å². The first-order valence-corrected chi connectivity index (χ1v) is 6.61. The Morgan fingerprint density at radius 1 is 1.50 bits per heavy atom. The molecule has 3 nitrogen and oxygen atoms in total. The molecule has 73 valence electrons. The Morgan fingerprint density at radius 3 is 2.33 bits per heavy atom. The second kappa shape index (κ2) is 3.59. The van der Waals surface area contributed by atoms with Crippen LogP contribution in [-0.2, 0) is 9.05 Å². The molecule has 1 rings (SSSR count). The molecule has 1 N–H and O–H groups in total. The van der Waals surface area contributed by atoms with Gasteiger partial charge in [-0.1, -0.05) is 0 Å². The topological polar surface area (TPSA) is 38.7 Å². The van der Waals surface area contributed by atoms with Crippen molar-refractivity contribution in [1.29, 1.82) is 0 Å². The third-order valence-corrected chi connectivity index (χ3v) is 3.93. The molecule has 0 aromatic rings. The molecule has 0 unspecified atom stereocenters. The molecule has 1 saturated heterocycles. The maximum absolute atomic E-state index is 9.48. The molecule has 0 amide bonds. The molecule has 1 aliphatic heterocycles. The second-order valence-corrected chi connectivity index (χ2v) is 5.85. The molecule has 1 fully saturated rings. The Balaban J connectivity index is 2.53. The van der Waals surface area contributed by atoms with Crippen LogP contribution in [0.2, 0.25) is 0 Å². The van der Waals surface area contributed by atoms with Gasteiger partial charge in [0.05, 0.1) is 0 Å². The molecule has 1 radical (unpaired) electrons. The SMILES string of the molecule is C[CH]C1(CC)CO[PH](C)(O)OC1. The van der Waals surface area contributed by atoms with Crippen LogP contribution in [0, 0.1) is 11.8 Å². The van der Waals surface area contributed by atoms with Crippen molar-refractivity contribution in [2.45, 2.75) is 20.3 Å². The van der Waals surface area contributed by atoms with Crippen LogP contribution >= 0.6 is 7.94 Å². The van der Waals surface area contributed by atoms with E-state index in [1.165, 1.54) is 0 Å². The number of hydrogen-bond donors (Lipinski definition) is 1. The minimum atomic E-state index is -2.73. The predicted molar refractivity (Wildman–Crippen MR) is 51.1 cm³/mol. The van der Waals surface area contributed by atoms with Gasteiger partial charge in [-0.05, 0) is 0 Å². The fraction of sp³-hybridized carbons (Fsp3) is 0.875. The Kier molecular flexibility index (Phi) is 3.11. The van der Waals surface area contributed by atoms with Crippen LogP contribution in [0.15, 0.2) is 0 Å². The third kappa shape index (κ3) is 2.17. The molecule has 1 aliphatic rings. The van der Waals surface area contributed by atoms with Gasteiger partial charge < -0.3 is 0 Å². The quantitative estimate of drug-likeness (QED) is 0.679. The van der Waals surface area contributed by atoms with Gasteiger partial charge >= 0.3 is 73.9 Å². The van der Waals surface area contributed by atoms with Crippen molar-refractivity contribution in [3.05, 3.63) is 6.42 Å². The summed E-state index contributed by atoms with van der Waals surface area (Å²) >= 11 is 0. The fourth-order valence-electron chi connectivity index (χ4n) is 1.21. The van der Waals surface area contributed by atoms with Gasteiger partial charge in [-0.25, -0.2) is 0 Å². The van der Waals surface area contributed by atoms with E-state index in [2.05, 4.69) is 13.3 Å². The van der Waals surface area contributed by atoms with Crippen LogP contribution in [0.4, 0.5) is 0 Å². The average Bonchev–Trinajstić information content (AvgIpc) is 2.06. The van der Waals surface area contributed by atoms with Gasteiger partial charge in [0.25, 0.3) is 0 Å². The van der Waals surface area contributed by atoms with Crippen LogP contribution in [0.3, 0.4) is 0 Å². The van der Waals surface area contributed by atoms with E-state index in [-0.39, 0.29) is 5.41 Å². The van der Waals surface area contributed by atoms with Crippen molar-refractivity contribution in [2.24, 2.45) is 5.41 Å². The van der Waals surface area contributed by atoms with Crippen molar-refractivity contribution in [1.82, 2.24) is 0 Å². The van der Waals surface area contributed by atoms with E-state index in [9.17, 15) is 4.89 Å². The van der Waals surface area contributed by atoms with E-state index < -0.39 is 7.94 Å². The molecular formula is C8H18O3P. The third-order valence-electron chi connectivity index (χ3n) is 2.57. The second-order valence-electron chi connectivity index (χ2n) is 3.48. The van der Waals surface area contributed by atoms with E-state index >= 15 is 0 Å². The molecule has 1 heterocycles. The molecule has 0 aliphatic carbocycles. The molecule has 0 atom stereocenters. The Hall–Kier alpha value is 0.310. The summed E-state index contributed by atoms with van der Waals surface area (Å²) < 4.78 is 10.6. The summed E-state index contributed by atoms with van der Waals surface area (Å²) in [4.78, 5) is 9.48. The van der Waals surface area contributed by atoms with Crippen molar-refractivity contribution in [2.75, 3.05) is 19.9 Å². The van der Waals surface area contributed by atoms with E-state index in [4.69, 9.17) is 9.05 Å². The standard InChI is InChI=1S/C8H18O3P/c1-4-8(5-2)6-10-12(3,9)11-7-8/h4,9,12H,5-7H2,1-3H3. The predicted octanol–water partition coefficient (Wildman–Crippen LogP) is 1.77. The molecule has 0 aromatic carbocycles. The van der Waals surface area contributed by atoms with Crippen LogP contribution in [0.1, 0.15) is 20.3 Å². The number of hydrogen-bond acceptors (Lipinski definition) is 3. The molecule has 0 spiro atoms. The summed E-state index contributed by atoms with van der Waals surface area (Å²) in [7, 11) is -2.73. The summed E-state index contributed by atoms with van der Waals surface area (Å²) in [6, 6.07) is 0. The normalized spacial score (nSPS) is 29.7. The molecule has 0 bridgehead atoms. The van der Waals surface area contributed by atoms with Crippen molar-refractivity contribution in [3.8, 4) is 0 Å². The van der Waals surface area contributed by atoms with Gasteiger partial charge in [0.15, 0.2) is 0 Å². The van der Waals surface area contributed by atoms with Crippen molar-refractivity contribution < 1.29 is 13.9 Å². The monoisotopic (exact) mass is 193 g/mol. The summed E-state index contributed by atoms with van der Waals surface area (Å²) in [5, 5.41) is 0. The summed E-state index contributed by atoms with van der Waals surface area (Å²) in [5.74, 6) is 0. The van der Waals surface area contributed by atoms with Crippen LogP contribution < -0.4 is 0 Å². The zero-order valence-electron chi connectivity index (χ0n) is 7.96. The number of rotatable bonds is 2. The van der Waals surface area contributed by atoms with Gasteiger partial charge in [-0.15, -0.1) is 0 Å². The Bertz CT molecular complexity index is 142. The molecule has 4 heteroatoms. The van der Waals surface area contributed by atoms with E-state index in [1.807, 2.05) is 6.92 Å². The minimum absolute atomic E-state index is 0.0231. The molecule has 12 heavy (non-hydrogen) atoms. The van der Waals surface area contributed by atoms with Gasteiger partial charge in [0.2, 0.25) is 0 Å². The van der Waals surface area contributed by atoms with Crippen LogP contribution in [-0.4, -0.2) is 24.8 Å². The van der Waals surface area contributed by atoms with E-state index in [0.717, 1.165) is 6.42 Å². The molecular weight excluding hydrogens is 175 g/mol. The van der Waals surface area contributed by atoms with E-state index in [1.54, 1.807) is 6.66 Å². The zero-order chi connectivity index (χ0) is 9.24. The molecule has 0 aromatic heterocycles. The first kappa shape index (κ1) is 10.4. The van der Waals surface area contributed by atoms with Crippen LogP contribution in [0.5, 0.6) is 0 Å². The summed E-state index contributed by atoms with van der Waals surface area (Å²) in [5.41, 5.74) is 0.0231. The maximum atomic E-state index is 9.48. The fourth-order valence-corrected chi connectivity index (χ4v) is 2.41. The summed E-state index contributed by atoms with van der Waals surface area (Å²) in [6.45, 7) is 6.97. The zero-order valence-corrected chi connectivity index (χ0v) is 8.96.